The molecule has 1 aromatic carbocycles. The van der Waals surface area contributed by atoms with Crippen molar-refractivity contribution in [1.29, 1.82) is 0 Å². The molecule has 0 saturated carbocycles. The summed E-state index contributed by atoms with van der Waals surface area (Å²) in [6, 6.07) is 7.17. The van der Waals surface area contributed by atoms with Crippen LogP contribution in [0.2, 0.25) is 0 Å². The smallest absolute Gasteiger partial charge is 0.249 e. The molecule has 0 aliphatic carbocycles. The average molecular weight is 389 g/mol. The quantitative estimate of drug-likeness (QED) is 0.805. The lowest BCUT2D eigenvalue weighted by Gasteiger charge is -2.33. The molecule has 27 heavy (non-hydrogen) atoms. The van der Waals surface area contributed by atoms with Crippen LogP contribution in [0.15, 0.2) is 33.7 Å². The van der Waals surface area contributed by atoms with Crippen molar-refractivity contribution in [3.8, 4) is 0 Å². The second-order valence-corrected chi connectivity index (χ2v) is 8.98. The van der Waals surface area contributed by atoms with E-state index < -0.39 is 16.1 Å². The summed E-state index contributed by atoms with van der Waals surface area (Å²) in [7, 11) is -3.84. The number of hydrogen-bond donors (Lipinski definition) is 0. The minimum Gasteiger partial charge on any atom is -0.360 e. The van der Waals surface area contributed by atoms with Gasteiger partial charge in [-0.05, 0) is 51.2 Å². The minimum atomic E-state index is -3.84. The Hall–Kier alpha value is -2.19. The fourth-order valence-corrected chi connectivity index (χ4v) is 6.12. The largest absolute Gasteiger partial charge is 0.360 e. The highest BCUT2D eigenvalue weighted by Crippen LogP contribution is 2.33. The zero-order valence-corrected chi connectivity index (χ0v) is 16.3. The van der Waals surface area contributed by atoms with Gasteiger partial charge in [-0.3, -0.25) is 4.79 Å². The molecule has 144 valence electrons. The van der Waals surface area contributed by atoms with Gasteiger partial charge in [-0.1, -0.05) is 23.4 Å². The van der Waals surface area contributed by atoms with Gasteiger partial charge in [-0.15, -0.1) is 0 Å². The third kappa shape index (κ3) is 2.96. The summed E-state index contributed by atoms with van der Waals surface area (Å²) >= 11 is 0. The Bertz CT molecular complexity index is 963. The van der Waals surface area contributed by atoms with Crippen LogP contribution in [-0.4, -0.2) is 42.9 Å². The fourth-order valence-electron chi connectivity index (χ4n) is 4.18. The molecule has 0 N–H and O–H groups in total. The van der Waals surface area contributed by atoms with Crippen molar-refractivity contribution in [2.45, 2.75) is 50.5 Å². The highest BCUT2D eigenvalue weighted by Gasteiger charge is 2.43. The predicted octanol–water partition coefficient (Wildman–Crippen LogP) is 2.42. The first-order valence-corrected chi connectivity index (χ1v) is 10.7. The number of carbonyl (C=O) groups excluding carboxylic acids is 1. The summed E-state index contributed by atoms with van der Waals surface area (Å²) in [5.74, 6) is 0.115. The molecule has 0 unspecified atom stereocenters. The van der Waals surface area contributed by atoms with Gasteiger partial charge >= 0.3 is 0 Å². The van der Waals surface area contributed by atoms with Gasteiger partial charge in [-0.2, -0.15) is 4.31 Å². The van der Waals surface area contributed by atoms with Crippen LogP contribution in [0.25, 0.3) is 0 Å². The lowest BCUT2D eigenvalue weighted by molar-refractivity contribution is -0.121. The zero-order chi connectivity index (χ0) is 19.2. The third-order valence-electron chi connectivity index (χ3n) is 5.40. The summed E-state index contributed by atoms with van der Waals surface area (Å²) in [4.78, 5) is 15.2. The second kappa shape index (κ2) is 6.76. The first-order chi connectivity index (χ1) is 12.9. The molecule has 0 spiro atoms. The van der Waals surface area contributed by atoms with E-state index in [0.29, 0.717) is 31.6 Å². The Morgan fingerprint density at radius 3 is 2.70 bits per heavy atom. The maximum Gasteiger partial charge on any atom is 0.249 e. The van der Waals surface area contributed by atoms with E-state index in [0.717, 1.165) is 24.1 Å². The summed E-state index contributed by atoms with van der Waals surface area (Å²) in [6.45, 7) is 4.14. The Morgan fingerprint density at radius 1 is 1.19 bits per heavy atom. The molecule has 2 aliphatic heterocycles. The number of carbonyl (C=O) groups is 1. The molecule has 1 saturated heterocycles. The van der Waals surface area contributed by atoms with E-state index in [1.54, 1.807) is 18.7 Å². The number of amides is 1. The van der Waals surface area contributed by atoms with Crippen LogP contribution in [0.4, 0.5) is 5.69 Å². The molecule has 2 aromatic rings. The summed E-state index contributed by atoms with van der Waals surface area (Å²) in [5.41, 5.74) is 2.36. The number of fused-ring (bicyclic) bond motifs is 1. The van der Waals surface area contributed by atoms with Crippen LogP contribution in [0.5, 0.6) is 0 Å². The number of aromatic nitrogens is 1. The molecular formula is C19H23N3O4S. The van der Waals surface area contributed by atoms with Crippen molar-refractivity contribution >= 4 is 21.6 Å². The van der Waals surface area contributed by atoms with E-state index in [1.807, 2.05) is 24.3 Å². The average Bonchev–Trinajstić information content (AvgIpc) is 3.28. The molecule has 1 fully saturated rings. The van der Waals surface area contributed by atoms with E-state index >= 15 is 0 Å². The number of sulfonamides is 1. The number of para-hydroxylation sites is 1. The molecule has 0 bridgehead atoms. The lowest BCUT2D eigenvalue weighted by atomic mass is 10.0. The fraction of sp³-hybridized carbons (Fsp3) is 0.474. The first-order valence-electron chi connectivity index (χ1n) is 9.25. The highest BCUT2D eigenvalue weighted by atomic mass is 32.2. The molecular weight excluding hydrogens is 366 g/mol. The topological polar surface area (TPSA) is 83.7 Å². The van der Waals surface area contributed by atoms with Gasteiger partial charge in [-0.25, -0.2) is 8.42 Å². The molecule has 7 nitrogen and oxygen atoms in total. The van der Waals surface area contributed by atoms with Crippen molar-refractivity contribution in [2.24, 2.45) is 0 Å². The molecule has 8 heteroatoms. The van der Waals surface area contributed by atoms with Gasteiger partial charge < -0.3 is 9.42 Å². The van der Waals surface area contributed by atoms with E-state index in [1.165, 1.54) is 4.31 Å². The van der Waals surface area contributed by atoms with Gasteiger partial charge in [0.05, 0.1) is 0 Å². The molecule has 0 radical (unpaired) electrons. The van der Waals surface area contributed by atoms with Crippen LogP contribution in [0.3, 0.4) is 0 Å². The number of nitrogens with zero attached hydrogens (tertiary/aromatic N) is 3. The standard InChI is InChI=1S/C19H23N3O4S/c1-13-18(14(2)26-20-13)27(24,25)22-12-6-10-17(22)19(23)21-11-5-8-15-7-3-4-9-16(15)21/h3-4,7,9,17H,5-6,8,10-12H2,1-2H3/t17-/m1/s1. The Morgan fingerprint density at radius 2 is 1.96 bits per heavy atom. The van der Waals surface area contributed by atoms with Crippen LogP contribution < -0.4 is 4.90 Å². The van der Waals surface area contributed by atoms with E-state index in [-0.39, 0.29) is 16.6 Å². The Kier molecular flexibility index (Phi) is 4.55. The van der Waals surface area contributed by atoms with E-state index in [2.05, 4.69) is 5.16 Å². The van der Waals surface area contributed by atoms with Crippen molar-refractivity contribution in [3.05, 3.63) is 41.3 Å². The monoisotopic (exact) mass is 389 g/mol. The maximum absolute atomic E-state index is 13.3. The zero-order valence-electron chi connectivity index (χ0n) is 15.5. The summed E-state index contributed by atoms with van der Waals surface area (Å²) in [5, 5.41) is 3.77. The van der Waals surface area contributed by atoms with Gasteiger partial charge in [0.25, 0.3) is 0 Å². The Labute approximate surface area is 159 Å². The van der Waals surface area contributed by atoms with Gasteiger partial charge in [0.2, 0.25) is 15.9 Å². The summed E-state index contributed by atoms with van der Waals surface area (Å²) < 4.78 is 32.9. The van der Waals surface area contributed by atoms with Gasteiger partial charge in [0.1, 0.15) is 16.6 Å². The van der Waals surface area contributed by atoms with Crippen molar-refractivity contribution in [2.75, 3.05) is 18.0 Å². The molecule has 3 heterocycles. The van der Waals surface area contributed by atoms with Crippen LogP contribution in [-0.2, 0) is 21.2 Å². The number of rotatable bonds is 3. The van der Waals surface area contributed by atoms with Gasteiger partial charge in [0.15, 0.2) is 5.76 Å². The van der Waals surface area contributed by atoms with Crippen molar-refractivity contribution in [1.82, 2.24) is 9.46 Å². The number of benzene rings is 1. The molecule has 1 amide bonds. The number of aryl methyl sites for hydroxylation is 3. The lowest BCUT2D eigenvalue weighted by Crippen LogP contribution is -2.49. The first kappa shape index (κ1) is 18.2. The minimum absolute atomic E-state index is 0.0845. The molecule has 2 aliphatic rings. The highest BCUT2D eigenvalue weighted by molar-refractivity contribution is 7.89. The van der Waals surface area contributed by atoms with Crippen molar-refractivity contribution < 1.29 is 17.7 Å². The van der Waals surface area contributed by atoms with Crippen LogP contribution in [0.1, 0.15) is 36.3 Å². The SMILES string of the molecule is Cc1noc(C)c1S(=O)(=O)N1CCC[C@@H]1C(=O)N1CCCc2ccccc21. The van der Waals surface area contributed by atoms with Crippen molar-refractivity contribution in [3.63, 3.8) is 0 Å². The van der Waals surface area contributed by atoms with E-state index in [4.69, 9.17) is 4.52 Å². The van der Waals surface area contributed by atoms with Gasteiger partial charge in [0, 0.05) is 18.8 Å². The Balaban J connectivity index is 1.67. The van der Waals surface area contributed by atoms with Crippen LogP contribution in [0, 0.1) is 13.8 Å². The molecule has 1 atom stereocenters. The molecule has 4 rings (SSSR count). The second-order valence-electron chi connectivity index (χ2n) is 7.15. The van der Waals surface area contributed by atoms with Crippen LogP contribution >= 0.6 is 0 Å². The normalized spacial score (nSPS) is 20.7. The van der Waals surface area contributed by atoms with E-state index in [9.17, 15) is 13.2 Å². The summed E-state index contributed by atoms with van der Waals surface area (Å²) in [6.07, 6.45) is 3.01. The molecule has 1 aromatic heterocycles. The third-order valence-corrected chi connectivity index (χ3v) is 7.55. The number of hydrogen-bond acceptors (Lipinski definition) is 5. The number of anilines is 1. The maximum atomic E-state index is 13.3. The predicted molar refractivity (Wildman–Crippen MR) is 100 cm³/mol.